The van der Waals surface area contributed by atoms with Gasteiger partial charge in [-0.2, -0.15) is 0 Å². The number of fused-ring (bicyclic) bond motifs is 1. The molecular weight excluding hydrogens is 350 g/mol. The van der Waals surface area contributed by atoms with Crippen LogP contribution in [-0.2, 0) is 6.54 Å². The molecule has 0 spiro atoms. The van der Waals surface area contributed by atoms with Crippen molar-refractivity contribution in [3.63, 3.8) is 0 Å². The lowest BCUT2D eigenvalue weighted by Crippen LogP contribution is -2.47. The smallest absolute Gasteiger partial charge is 0.290 e. The number of nitrogens with zero attached hydrogens (tertiary/aromatic N) is 3. The van der Waals surface area contributed by atoms with Gasteiger partial charge in [-0.25, -0.2) is 4.98 Å². The number of piperidine rings is 1. The summed E-state index contributed by atoms with van der Waals surface area (Å²) in [5.41, 5.74) is 1.92. The number of nitrogens with one attached hydrogen (secondary N) is 2. The molecule has 1 aromatic carbocycles. The van der Waals surface area contributed by atoms with E-state index in [1.807, 2.05) is 24.3 Å². The molecule has 0 radical (unpaired) electrons. The lowest BCUT2D eigenvalue weighted by Gasteiger charge is -2.33. The molecule has 7 heteroatoms. The number of halogens is 1. The number of aromatic amines is 1. The lowest BCUT2D eigenvalue weighted by atomic mass is 10.0. The van der Waals surface area contributed by atoms with Crippen molar-refractivity contribution in [1.29, 1.82) is 0 Å². The van der Waals surface area contributed by atoms with Gasteiger partial charge in [-0.3, -0.25) is 9.78 Å². The van der Waals surface area contributed by atoms with Crippen molar-refractivity contribution in [2.24, 2.45) is 0 Å². The van der Waals surface area contributed by atoms with Gasteiger partial charge >= 0.3 is 0 Å². The third kappa shape index (κ3) is 3.43. The van der Waals surface area contributed by atoms with E-state index < -0.39 is 0 Å². The topological polar surface area (TPSA) is 73.9 Å². The molecule has 2 aromatic heterocycles. The van der Waals surface area contributed by atoms with Crippen molar-refractivity contribution in [2.75, 3.05) is 18.0 Å². The van der Waals surface area contributed by atoms with E-state index in [0.717, 1.165) is 47.4 Å². The predicted octanol–water partition coefficient (Wildman–Crippen LogP) is 2.73. The van der Waals surface area contributed by atoms with Crippen LogP contribution in [0.2, 0.25) is 5.02 Å². The van der Waals surface area contributed by atoms with Crippen molar-refractivity contribution >= 4 is 28.3 Å². The molecule has 26 heavy (non-hydrogen) atoms. The zero-order chi connectivity index (χ0) is 17.9. The molecule has 134 valence electrons. The number of anilines is 1. The van der Waals surface area contributed by atoms with Crippen LogP contribution < -0.4 is 15.8 Å². The molecule has 0 aliphatic carbocycles. The van der Waals surface area contributed by atoms with Gasteiger partial charge < -0.3 is 15.2 Å². The highest BCUT2D eigenvalue weighted by atomic mass is 35.5. The zero-order valence-electron chi connectivity index (χ0n) is 14.3. The fraction of sp³-hybridized carbons (Fsp3) is 0.316. The molecule has 6 nitrogen and oxygen atoms in total. The quantitative estimate of drug-likeness (QED) is 0.739. The number of hydrogen-bond acceptors (Lipinski definition) is 5. The highest BCUT2D eigenvalue weighted by Gasteiger charge is 2.22. The fourth-order valence-electron chi connectivity index (χ4n) is 3.50. The van der Waals surface area contributed by atoms with Crippen LogP contribution in [0, 0.1) is 0 Å². The van der Waals surface area contributed by atoms with E-state index in [-0.39, 0.29) is 5.56 Å². The molecule has 4 rings (SSSR count). The van der Waals surface area contributed by atoms with Crippen LogP contribution >= 0.6 is 11.6 Å². The van der Waals surface area contributed by atoms with Crippen LogP contribution in [0.15, 0.2) is 47.7 Å². The van der Waals surface area contributed by atoms with Crippen LogP contribution in [0.25, 0.3) is 10.9 Å². The second kappa shape index (κ2) is 7.43. The molecule has 1 saturated heterocycles. The highest BCUT2D eigenvalue weighted by molar-refractivity contribution is 6.35. The molecule has 1 atom stereocenters. The summed E-state index contributed by atoms with van der Waals surface area (Å²) in [5.74, 6) is 0.498. The molecule has 3 aromatic rings. The summed E-state index contributed by atoms with van der Waals surface area (Å²) in [7, 11) is 0. The molecule has 1 aliphatic rings. The normalized spacial score (nSPS) is 17.6. The van der Waals surface area contributed by atoms with Gasteiger partial charge in [-0.1, -0.05) is 17.7 Å². The van der Waals surface area contributed by atoms with E-state index in [2.05, 4.69) is 25.2 Å². The van der Waals surface area contributed by atoms with Crippen molar-refractivity contribution in [2.45, 2.75) is 25.4 Å². The third-order valence-electron chi connectivity index (χ3n) is 4.79. The fourth-order valence-corrected chi connectivity index (χ4v) is 3.71. The molecule has 0 unspecified atom stereocenters. The summed E-state index contributed by atoms with van der Waals surface area (Å²) >= 11 is 6.27. The lowest BCUT2D eigenvalue weighted by molar-refractivity contribution is 0.420. The Kier molecular flexibility index (Phi) is 4.86. The van der Waals surface area contributed by atoms with Gasteiger partial charge in [0.15, 0.2) is 5.82 Å². The Labute approximate surface area is 156 Å². The van der Waals surface area contributed by atoms with Gasteiger partial charge in [0.2, 0.25) is 0 Å². The summed E-state index contributed by atoms with van der Waals surface area (Å²) < 4.78 is 0. The Balaban J connectivity index is 1.48. The molecule has 1 fully saturated rings. The average molecular weight is 370 g/mol. The van der Waals surface area contributed by atoms with Gasteiger partial charge in [-0.05, 0) is 36.6 Å². The van der Waals surface area contributed by atoms with Gasteiger partial charge in [0.1, 0.15) is 0 Å². The van der Waals surface area contributed by atoms with E-state index in [4.69, 9.17) is 11.6 Å². The first-order chi connectivity index (χ1) is 12.7. The standard InChI is InChI=1S/C19H20ClN5O/c20-16-6-5-13(17-15(16)4-1-7-21-17)11-24-14-3-2-10-25(12-14)18-19(26)23-9-8-22-18/h1,4-9,14,24H,2-3,10-12H2,(H,23,26)/t14-/m1/s1. The largest absolute Gasteiger partial charge is 0.350 e. The van der Waals surface area contributed by atoms with Crippen LogP contribution in [-0.4, -0.2) is 34.1 Å². The maximum Gasteiger partial charge on any atom is 0.290 e. The Morgan fingerprint density at radius 3 is 3.08 bits per heavy atom. The summed E-state index contributed by atoms with van der Waals surface area (Å²) in [5, 5.41) is 5.29. The Hall–Kier alpha value is -2.44. The van der Waals surface area contributed by atoms with Crippen molar-refractivity contribution < 1.29 is 0 Å². The van der Waals surface area contributed by atoms with Crippen molar-refractivity contribution in [3.05, 3.63) is 63.8 Å². The van der Waals surface area contributed by atoms with Gasteiger partial charge in [0.25, 0.3) is 5.56 Å². The summed E-state index contributed by atoms with van der Waals surface area (Å²) in [6, 6.07) is 8.12. The number of rotatable bonds is 4. The molecule has 0 amide bonds. The molecule has 2 N–H and O–H groups in total. The highest BCUT2D eigenvalue weighted by Crippen LogP contribution is 2.25. The number of aromatic nitrogens is 3. The molecule has 3 heterocycles. The van der Waals surface area contributed by atoms with Gasteiger partial charge in [0, 0.05) is 54.7 Å². The van der Waals surface area contributed by atoms with Crippen LogP contribution in [0.4, 0.5) is 5.82 Å². The number of pyridine rings is 1. The van der Waals surface area contributed by atoms with E-state index in [9.17, 15) is 4.79 Å². The molecule has 1 aliphatic heterocycles. The predicted molar refractivity (Wildman–Crippen MR) is 104 cm³/mol. The average Bonchev–Trinajstić information content (AvgIpc) is 2.68. The number of benzene rings is 1. The minimum absolute atomic E-state index is 0.138. The minimum Gasteiger partial charge on any atom is -0.350 e. The Morgan fingerprint density at radius 2 is 2.19 bits per heavy atom. The maximum atomic E-state index is 12.0. The Morgan fingerprint density at radius 1 is 1.27 bits per heavy atom. The number of H-pyrrole nitrogens is 1. The van der Waals surface area contributed by atoms with Crippen molar-refractivity contribution in [1.82, 2.24) is 20.3 Å². The second-order valence-corrected chi connectivity index (χ2v) is 6.92. The van der Waals surface area contributed by atoms with Crippen LogP contribution in [0.3, 0.4) is 0 Å². The van der Waals surface area contributed by atoms with Crippen molar-refractivity contribution in [3.8, 4) is 0 Å². The molecule has 0 bridgehead atoms. The first kappa shape index (κ1) is 17.0. The van der Waals surface area contributed by atoms with E-state index in [1.54, 1.807) is 18.6 Å². The maximum absolute atomic E-state index is 12.0. The van der Waals surface area contributed by atoms with Gasteiger partial charge in [-0.15, -0.1) is 0 Å². The summed E-state index contributed by atoms with van der Waals surface area (Å²) in [6.07, 6.45) is 7.06. The third-order valence-corrected chi connectivity index (χ3v) is 5.12. The monoisotopic (exact) mass is 369 g/mol. The van der Waals surface area contributed by atoms with E-state index >= 15 is 0 Å². The first-order valence-corrected chi connectivity index (χ1v) is 9.14. The van der Waals surface area contributed by atoms with E-state index in [1.165, 1.54) is 0 Å². The number of hydrogen-bond donors (Lipinski definition) is 2. The minimum atomic E-state index is -0.138. The Bertz CT molecular complexity index is 973. The zero-order valence-corrected chi connectivity index (χ0v) is 15.0. The summed E-state index contributed by atoms with van der Waals surface area (Å²) in [6.45, 7) is 2.32. The van der Waals surface area contributed by atoms with Gasteiger partial charge in [0.05, 0.1) is 5.52 Å². The summed E-state index contributed by atoms with van der Waals surface area (Å²) in [4.78, 5) is 25.5. The SMILES string of the molecule is O=c1[nH]ccnc1N1CCC[C@@H](NCc2ccc(Cl)c3cccnc23)C1. The van der Waals surface area contributed by atoms with Crippen LogP contribution in [0.1, 0.15) is 18.4 Å². The first-order valence-electron chi connectivity index (χ1n) is 8.76. The van der Waals surface area contributed by atoms with Crippen LogP contribution in [0.5, 0.6) is 0 Å². The second-order valence-electron chi connectivity index (χ2n) is 6.51. The van der Waals surface area contributed by atoms with E-state index in [0.29, 0.717) is 18.4 Å². The molecule has 0 saturated carbocycles. The molecular formula is C19H20ClN5O.